The first-order valence-electron chi connectivity index (χ1n) is 8.70. The van der Waals surface area contributed by atoms with Crippen LogP contribution in [0.5, 0.6) is 5.75 Å². The first kappa shape index (κ1) is 19.3. The largest absolute Gasteiger partial charge is 0.434 e. The summed E-state index contributed by atoms with van der Waals surface area (Å²) in [7, 11) is 0. The molecule has 1 heterocycles. The lowest BCUT2D eigenvalue weighted by Crippen LogP contribution is -2.23. The smallest absolute Gasteiger partial charge is 0.387 e. The quantitative estimate of drug-likeness (QED) is 0.601. The molecule has 0 aliphatic heterocycles. The number of carbonyl (C=O) groups is 1. The summed E-state index contributed by atoms with van der Waals surface area (Å²) in [5.41, 5.74) is 2.45. The molecule has 0 aliphatic rings. The summed E-state index contributed by atoms with van der Waals surface area (Å²) >= 11 is 0. The number of aromatic nitrogens is 2. The summed E-state index contributed by atoms with van der Waals surface area (Å²) in [5.74, 6) is -0.279. The molecule has 5 nitrogen and oxygen atoms in total. The number of nitrogens with zero attached hydrogens (tertiary/aromatic N) is 2. The number of benzene rings is 2. The topological polar surface area (TPSA) is 56.1 Å². The van der Waals surface area contributed by atoms with Gasteiger partial charge < -0.3 is 10.1 Å². The molecule has 1 amide bonds. The Hall–Kier alpha value is -3.48. The zero-order valence-corrected chi connectivity index (χ0v) is 15.0. The zero-order chi connectivity index (χ0) is 19.8. The number of ether oxygens (including phenoxy) is 1. The Bertz CT molecular complexity index is 923. The van der Waals surface area contributed by atoms with Gasteiger partial charge >= 0.3 is 6.61 Å². The van der Waals surface area contributed by atoms with E-state index in [0.717, 1.165) is 11.3 Å². The SMILES string of the molecule is O=C(/C=C/c1ccccc1OC(F)F)NCCc1ccc(-n2cccn2)cc1. The predicted octanol–water partition coefficient (Wildman–Crippen LogP) is 3.85. The molecule has 2 aromatic carbocycles. The predicted molar refractivity (Wildman–Crippen MR) is 102 cm³/mol. The van der Waals surface area contributed by atoms with Gasteiger partial charge in [-0.2, -0.15) is 13.9 Å². The molecule has 0 fully saturated rings. The van der Waals surface area contributed by atoms with Crippen LogP contribution in [0.4, 0.5) is 8.78 Å². The maximum Gasteiger partial charge on any atom is 0.387 e. The number of carbonyl (C=O) groups excluding carboxylic acids is 1. The van der Waals surface area contributed by atoms with Crippen LogP contribution in [0.25, 0.3) is 11.8 Å². The normalized spacial score (nSPS) is 11.1. The first-order valence-corrected chi connectivity index (χ1v) is 8.70. The van der Waals surface area contributed by atoms with Crippen LogP contribution < -0.4 is 10.1 Å². The Kier molecular flexibility index (Phi) is 6.51. The van der Waals surface area contributed by atoms with Crippen molar-refractivity contribution < 1.29 is 18.3 Å². The molecular formula is C21H19F2N3O2. The number of rotatable bonds is 8. The van der Waals surface area contributed by atoms with Crippen molar-refractivity contribution in [2.45, 2.75) is 13.0 Å². The minimum absolute atomic E-state index is 0.0267. The van der Waals surface area contributed by atoms with E-state index in [1.165, 1.54) is 18.2 Å². The van der Waals surface area contributed by atoms with Crippen LogP contribution in [0.3, 0.4) is 0 Å². The molecule has 0 saturated heterocycles. The highest BCUT2D eigenvalue weighted by molar-refractivity contribution is 5.92. The number of alkyl halides is 2. The van der Waals surface area contributed by atoms with Crippen molar-refractivity contribution >= 4 is 12.0 Å². The van der Waals surface area contributed by atoms with Gasteiger partial charge in [-0.05, 0) is 42.3 Å². The third-order valence-corrected chi connectivity index (χ3v) is 3.97. The molecule has 3 aromatic rings. The molecule has 28 heavy (non-hydrogen) atoms. The summed E-state index contributed by atoms with van der Waals surface area (Å²) in [6, 6.07) is 16.0. The number of halogens is 2. The Morgan fingerprint density at radius 1 is 1.14 bits per heavy atom. The lowest BCUT2D eigenvalue weighted by atomic mass is 10.1. The van der Waals surface area contributed by atoms with Gasteiger partial charge in [-0.1, -0.05) is 30.3 Å². The molecule has 0 unspecified atom stereocenters. The van der Waals surface area contributed by atoms with Crippen molar-refractivity contribution in [3.8, 4) is 11.4 Å². The molecule has 0 atom stereocenters. The molecule has 0 saturated carbocycles. The van der Waals surface area contributed by atoms with Gasteiger partial charge in [-0.15, -0.1) is 0 Å². The van der Waals surface area contributed by atoms with Crippen LogP contribution in [0.2, 0.25) is 0 Å². The van der Waals surface area contributed by atoms with E-state index in [9.17, 15) is 13.6 Å². The fraction of sp³-hybridized carbons (Fsp3) is 0.143. The summed E-state index contributed by atoms with van der Waals surface area (Å²) in [6.45, 7) is -2.46. The van der Waals surface area contributed by atoms with Gasteiger partial charge in [0.05, 0.1) is 5.69 Å². The average Bonchev–Trinajstić information content (AvgIpc) is 3.22. The second kappa shape index (κ2) is 9.45. The molecule has 7 heteroatoms. The fourth-order valence-corrected chi connectivity index (χ4v) is 2.61. The molecule has 0 radical (unpaired) electrons. The van der Waals surface area contributed by atoms with E-state index in [1.54, 1.807) is 29.1 Å². The van der Waals surface area contributed by atoms with Gasteiger partial charge in [-0.25, -0.2) is 4.68 Å². The summed E-state index contributed by atoms with van der Waals surface area (Å²) in [5, 5.41) is 6.94. The van der Waals surface area contributed by atoms with Gasteiger partial charge in [0.15, 0.2) is 0 Å². The van der Waals surface area contributed by atoms with Crippen molar-refractivity contribution in [3.05, 3.63) is 84.2 Å². The monoisotopic (exact) mass is 383 g/mol. The lowest BCUT2D eigenvalue weighted by Gasteiger charge is -2.07. The van der Waals surface area contributed by atoms with E-state index < -0.39 is 6.61 Å². The molecule has 1 aromatic heterocycles. The highest BCUT2D eigenvalue weighted by Gasteiger charge is 2.07. The molecule has 144 valence electrons. The maximum absolute atomic E-state index is 12.4. The molecule has 1 N–H and O–H groups in total. The van der Waals surface area contributed by atoms with Crippen LogP contribution in [-0.2, 0) is 11.2 Å². The van der Waals surface area contributed by atoms with Crippen molar-refractivity contribution in [3.63, 3.8) is 0 Å². The average molecular weight is 383 g/mol. The molecule has 0 bridgehead atoms. The fourth-order valence-electron chi connectivity index (χ4n) is 2.61. The van der Waals surface area contributed by atoms with Gasteiger partial charge in [0.2, 0.25) is 5.91 Å². The minimum atomic E-state index is -2.91. The van der Waals surface area contributed by atoms with E-state index in [4.69, 9.17) is 0 Å². The summed E-state index contributed by atoms with van der Waals surface area (Å²) in [4.78, 5) is 12.0. The highest BCUT2D eigenvalue weighted by atomic mass is 19.3. The minimum Gasteiger partial charge on any atom is -0.434 e. The Morgan fingerprint density at radius 2 is 1.93 bits per heavy atom. The van der Waals surface area contributed by atoms with Crippen LogP contribution in [-0.4, -0.2) is 28.8 Å². The standard InChI is InChI=1S/C21H19F2N3O2/c22-21(23)28-19-5-2-1-4-17(19)8-11-20(27)24-14-12-16-6-9-18(10-7-16)26-15-3-13-25-26/h1-11,13,15,21H,12,14H2,(H,24,27)/b11-8+. The third kappa shape index (κ3) is 5.51. The van der Waals surface area contributed by atoms with Gasteiger partial charge in [0.25, 0.3) is 0 Å². The van der Waals surface area contributed by atoms with Crippen LogP contribution in [0, 0.1) is 0 Å². The summed E-state index contributed by atoms with van der Waals surface area (Å²) < 4.78 is 31.0. The second-order valence-corrected chi connectivity index (χ2v) is 5.91. The summed E-state index contributed by atoms with van der Waals surface area (Å²) in [6.07, 6.45) is 7.01. The molecule has 0 aliphatic carbocycles. The Morgan fingerprint density at radius 3 is 2.64 bits per heavy atom. The van der Waals surface area contributed by atoms with Gasteiger partial charge in [0.1, 0.15) is 5.75 Å². The van der Waals surface area contributed by atoms with Crippen LogP contribution in [0.1, 0.15) is 11.1 Å². The van der Waals surface area contributed by atoms with E-state index in [2.05, 4.69) is 15.2 Å². The van der Waals surface area contributed by atoms with Gasteiger partial charge in [0, 0.05) is 30.6 Å². The Labute approximate surface area is 161 Å². The van der Waals surface area contributed by atoms with Crippen molar-refractivity contribution in [2.24, 2.45) is 0 Å². The van der Waals surface area contributed by atoms with E-state index in [-0.39, 0.29) is 11.7 Å². The van der Waals surface area contributed by atoms with E-state index in [0.29, 0.717) is 18.5 Å². The first-order chi connectivity index (χ1) is 13.6. The van der Waals surface area contributed by atoms with Crippen LogP contribution in [0.15, 0.2) is 73.1 Å². The maximum atomic E-state index is 12.4. The van der Waals surface area contributed by atoms with E-state index >= 15 is 0 Å². The van der Waals surface area contributed by atoms with Crippen molar-refractivity contribution in [2.75, 3.05) is 6.54 Å². The third-order valence-electron chi connectivity index (χ3n) is 3.97. The van der Waals surface area contributed by atoms with Crippen molar-refractivity contribution in [1.82, 2.24) is 15.1 Å². The van der Waals surface area contributed by atoms with Crippen molar-refractivity contribution in [1.29, 1.82) is 0 Å². The zero-order valence-electron chi connectivity index (χ0n) is 15.0. The number of para-hydroxylation sites is 1. The highest BCUT2D eigenvalue weighted by Crippen LogP contribution is 2.21. The number of hydrogen-bond acceptors (Lipinski definition) is 3. The van der Waals surface area contributed by atoms with Gasteiger partial charge in [-0.3, -0.25) is 4.79 Å². The number of hydrogen-bond donors (Lipinski definition) is 1. The van der Waals surface area contributed by atoms with E-state index in [1.807, 2.05) is 36.5 Å². The second-order valence-electron chi connectivity index (χ2n) is 5.91. The molecule has 0 spiro atoms. The van der Waals surface area contributed by atoms with Crippen LogP contribution >= 0.6 is 0 Å². The Balaban J connectivity index is 1.49. The molecule has 3 rings (SSSR count). The number of amides is 1. The molecular weight excluding hydrogens is 364 g/mol. The lowest BCUT2D eigenvalue weighted by molar-refractivity contribution is -0.116. The number of nitrogens with one attached hydrogen (secondary N) is 1.